The fourth-order valence-corrected chi connectivity index (χ4v) is 2.80. The molecule has 4 heteroatoms. The quantitative estimate of drug-likeness (QED) is 0.787. The van der Waals surface area contributed by atoms with E-state index in [2.05, 4.69) is 24.0 Å². The number of pyridine rings is 1. The molecule has 75 valence electrons. The SMILES string of the molecule is Cc1cc(C)c2cccc([O][Ga][Cl])c2n1. The van der Waals surface area contributed by atoms with Crippen LogP contribution in [-0.2, 0) is 0 Å². The summed E-state index contributed by atoms with van der Waals surface area (Å²) in [5.74, 6) is 0.814. The van der Waals surface area contributed by atoms with Crippen molar-refractivity contribution in [2.45, 2.75) is 13.8 Å². The first kappa shape index (κ1) is 10.9. The fraction of sp³-hybridized carbons (Fsp3) is 0.182. The Kier molecular flexibility index (Phi) is 3.24. The van der Waals surface area contributed by atoms with Gasteiger partial charge in [0.2, 0.25) is 0 Å². The van der Waals surface area contributed by atoms with E-state index in [0.717, 1.165) is 22.3 Å². The summed E-state index contributed by atoms with van der Waals surface area (Å²) in [6, 6.07) is 8.03. The van der Waals surface area contributed by atoms with Crippen molar-refractivity contribution >= 4 is 37.3 Å². The minimum absolute atomic E-state index is 0.814. The summed E-state index contributed by atoms with van der Waals surface area (Å²) in [4.78, 5) is 4.50. The molecule has 15 heavy (non-hydrogen) atoms. The van der Waals surface area contributed by atoms with Crippen molar-refractivity contribution in [3.63, 3.8) is 0 Å². The van der Waals surface area contributed by atoms with Gasteiger partial charge in [0.1, 0.15) is 0 Å². The van der Waals surface area contributed by atoms with Gasteiger partial charge in [0.05, 0.1) is 0 Å². The van der Waals surface area contributed by atoms with E-state index in [1.807, 2.05) is 19.1 Å². The van der Waals surface area contributed by atoms with Gasteiger partial charge in [-0.25, -0.2) is 0 Å². The Balaban J connectivity index is 2.73. The molecule has 0 atom stereocenters. The first-order chi connectivity index (χ1) is 7.22. The number of nitrogens with zero attached hydrogens (tertiary/aromatic N) is 1. The molecule has 1 aromatic heterocycles. The van der Waals surface area contributed by atoms with Crippen molar-refractivity contribution in [1.29, 1.82) is 0 Å². The molecule has 0 unspecified atom stereocenters. The van der Waals surface area contributed by atoms with Crippen molar-refractivity contribution in [2.24, 2.45) is 0 Å². The number of aryl methyl sites for hydroxylation is 2. The molecule has 0 amide bonds. The van der Waals surface area contributed by atoms with Crippen LogP contribution in [0.4, 0.5) is 0 Å². The van der Waals surface area contributed by atoms with Gasteiger partial charge in [0.15, 0.2) is 0 Å². The third kappa shape index (κ3) is 2.14. The van der Waals surface area contributed by atoms with Crippen molar-refractivity contribution in [3.8, 4) is 5.75 Å². The van der Waals surface area contributed by atoms with Crippen molar-refractivity contribution in [2.75, 3.05) is 0 Å². The number of aromatic nitrogens is 1. The molecule has 1 radical (unpaired) electrons. The summed E-state index contributed by atoms with van der Waals surface area (Å²) >= 11 is -1.10. The van der Waals surface area contributed by atoms with Gasteiger partial charge in [-0.15, -0.1) is 0 Å². The molecule has 0 N–H and O–H groups in total. The zero-order valence-corrected chi connectivity index (χ0v) is 11.8. The Labute approximate surface area is 101 Å². The molecule has 0 spiro atoms. The average Bonchev–Trinajstić information content (AvgIpc) is 2.19. The van der Waals surface area contributed by atoms with Crippen molar-refractivity contribution in [3.05, 3.63) is 35.5 Å². The Morgan fingerprint density at radius 1 is 1.33 bits per heavy atom. The van der Waals surface area contributed by atoms with Crippen LogP contribution in [0.1, 0.15) is 11.3 Å². The van der Waals surface area contributed by atoms with E-state index < -0.39 is 16.8 Å². The average molecular weight is 277 g/mol. The summed E-state index contributed by atoms with van der Waals surface area (Å²) in [7, 11) is 5.72. The molecule has 0 saturated carbocycles. The fourth-order valence-electron chi connectivity index (χ4n) is 1.70. The Morgan fingerprint density at radius 3 is 2.87 bits per heavy atom. The molecule has 0 saturated heterocycles. The predicted molar refractivity (Wildman–Crippen MR) is 63.5 cm³/mol. The maximum atomic E-state index is 5.72. The van der Waals surface area contributed by atoms with Crippen LogP contribution in [0, 0.1) is 13.8 Å². The third-order valence-corrected chi connectivity index (χ3v) is 3.49. The monoisotopic (exact) mass is 276 g/mol. The van der Waals surface area contributed by atoms with Crippen LogP contribution in [0.25, 0.3) is 10.9 Å². The Morgan fingerprint density at radius 2 is 2.13 bits per heavy atom. The van der Waals surface area contributed by atoms with Crippen molar-refractivity contribution < 1.29 is 3.53 Å². The second-order valence-electron chi connectivity index (χ2n) is 3.44. The standard InChI is InChI=1S/C11H11NO.ClH.Ga/c1-7-6-8(2)12-11-9(7)4-3-5-10(11)13;;/h3-6,13H,1-2H3;1H;/q;;+2/p-2. The normalized spacial score (nSPS) is 10.3. The second kappa shape index (κ2) is 4.47. The summed E-state index contributed by atoms with van der Waals surface area (Å²) in [6.07, 6.45) is 0. The molecule has 2 aromatic rings. The Hall–Kier alpha value is -0.644. The van der Waals surface area contributed by atoms with Crippen LogP contribution in [0.15, 0.2) is 24.3 Å². The Bertz CT molecular complexity index is 501. The number of benzene rings is 1. The van der Waals surface area contributed by atoms with Gasteiger partial charge in [-0.3, -0.25) is 0 Å². The molecule has 1 aromatic carbocycles. The number of hydrogen-bond donors (Lipinski definition) is 0. The number of fused-ring (bicyclic) bond motifs is 1. The van der Waals surface area contributed by atoms with Crippen molar-refractivity contribution in [1.82, 2.24) is 4.98 Å². The van der Waals surface area contributed by atoms with Gasteiger partial charge in [-0.2, -0.15) is 0 Å². The number of rotatable bonds is 2. The summed E-state index contributed by atoms with van der Waals surface area (Å²) < 4.78 is 5.49. The zero-order valence-electron chi connectivity index (χ0n) is 8.62. The molecule has 0 aliphatic carbocycles. The van der Waals surface area contributed by atoms with Gasteiger partial charge >= 0.3 is 101 Å². The van der Waals surface area contributed by atoms with E-state index in [9.17, 15) is 0 Å². The van der Waals surface area contributed by atoms with Crippen LogP contribution >= 0.6 is 9.64 Å². The second-order valence-corrected chi connectivity index (χ2v) is 5.23. The first-order valence-corrected chi connectivity index (χ1v) is 8.85. The topological polar surface area (TPSA) is 22.1 Å². The van der Waals surface area contributed by atoms with Crippen LogP contribution in [0.3, 0.4) is 0 Å². The molecule has 2 rings (SSSR count). The van der Waals surface area contributed by atoms with Crippen LogP contribution in [0.2, 0.25) is 0 Å². The van der Waals surface area contributed by atoms with E-state index >= 15 is 0 Å². The molecule has 0 aliphatic heterocycles. The van der Waals surface area contributed by atoms with E-state index in [1.165, 1.54) is 5.56 Å². The molecular weight excluding hydrogens is 267 g/mol. The zero-order chi connectivity index (χ0) is 10.8. The molecule has 1 heterocycles. The predicted octanol–water partition coefficient (Wildman–Crippen LogP) is 3.00. The van der Waals surface area contributed by atoms with E-state index in [-0.39, 0.29) is 0 Å². The summed E-state index contributed by atoms with van der Waals surface area (Å²) in [5, 5.41) is 1.14. The number of halogens is 1. The van der Waals surface area contributed by atoms with Crippen LogP contribution in [0.5, 0.6) is 5.75 Å². The summed E-state index contributed by atoms with van der Waals surface area (Å²) in [5.41, 5.74) is 3.16. The molecule has 2 nitrogen and oxygen atoms in total. The van der Waals surface area contributed by atoms with Gasteiger partial charge in [0, 0.05) is 0 Å². The molecule has 0 bridgehead atoms. The summed E-state index contributed by atoms with van der Waals surface area (Å²) in [6.45, 7) is 4.07. The molecular formula is C11H10ClGaNO. The van der Waals surface area contributed by atoms with Gasteiger partial charge in [-0.1, -0.05) is 0 Å². The number of hydrogen-bond acceptors (Lipinski definition) is 2. The molecule has 0 aliphatic rings. The van der Waals surface area contributed by atoms with Gasteiger partial charge < -0.3 is 0 Å². The van der Waals surface area contributed by atoms with E-state index in [4.69, 9.17) is 13.2 Å². The number of para-hydroxylation sites is 1. The molecule has 0 fully saturated rings. The van der Waals surface area contributed by atoms with Crippen LogP contribution < -0.4 is 3.53 Å². The van der Waals surface area contributed by atoms with E-state index in [1.54, 1.807) is 0 Å². The van der Waals surface area contributed by atoms with Gasteiger partial charge in [-0.05, 0) is 0 Å². The van der Waals surface area contributed by atoms with E-state index in [0.29, 0.717) is 0 Å². The first-order valence-electron chi connectivity index (χ1n) is 4.68. The third-order valence-electron chi connectivity index (χ3n) is 2.31. The minimum atomic E-state index is -1.10. The van der Waals surface area contributed by atoms with Gasteiger partial charge in [0.25, 0.3) is 0 Å². The van der Waals surface area contributed by atoms with Crippen LogP contribution in [-0.4, -0.2) is 21.8 Å². The maximum absolute atomic E-state index is 5.72.